The van der Waals surface area contributed by atoms with E-state index in [1.165, 1.54) is 0 Å². The minimum atomic E-state index is 0.574. The highest BCUT2D eigenvalue weighted by Crippen LogP contribution is 2.27. The molecule has 0 fully saturated rings. The lowest BCUT2D eigenvalue weighted by molar-refractivity contribution is 0.478. The molecule has 5 heteroatoms. The number of rotatable bonds is 2. The van der Waals surface area contributed by atoms with Gasteiger partial charge in [-0.05, 0) is 36.8 Å². The monoisotopic (exact) mass is 273 g/mol. The van der Waals surface area contributed by atoms with Crippen molar-refractivity contribution in [1.29, 1.82) is 0 Å². The van der Waals surface area contributed by atoms with Crippen LogP contribution in [-0.4, -0.2) is 9.38 Å². The number of fused-ring (bicyclic) bond motifs is 1. The Morgan fingerprint density at radius 3 is 2.89 bits per heavy atom. The van der Waals surface area contributed by atoms with Gasteiger partial charge in [-0.2, -0.15) is 0 Å². The lowest BCUT2D eigenvalue weighted by Crippen LogP contribution is -1.92. The van der Waals surface area contributed by atoms with Gasteiger partial charge >= 0.3 is 0 Å². The number of aromatic nitrogens is 2. The van der Waals surface area contributed by atoms with Gasteiger partial charge in [-0.15, -0.1) is 0 Å². The van der Waals surface area contributed by atoms with Gasteiger partial charge in [-0.3, -0.25) is 4.40 Å². The molecule has 1 aromatic carbocycles. The molecule has 0 bridgehead atoms. The molecule has 0 aliphatic carbocycles. The predicted molar refractivity (Wildman–Crippen MR) is 75.9 cm³/mol. The van der Waals surface area contributed by atoms with Crippen LogP contribution in [0.5, 0.6) is 11.5 Å². The van der Waals surface area contributed by atoms with E-state index in [1.807, 2.05) is 43.5 Å². The van der Waals surface area contributed by atoms with Gasteiger partial charge in [0, 0.05) is 18.0 Å². The number of pyridine rings is 1. The normalized spacial score (nSPS) is 10.8. The second-order valence-electron chi connectivity index (χ2n) is 4.30. The standard InChI is InChI=1S/C14H12ClN3O/c1-9-6-10(16)2-3-12(9)19-11-4-5-18-13(15)8-17-14(18)7-11/h2-8H,16H2,1H3. The third kappa shape index (κ3) is 2.22. The first-order valence-electron chi connectivity index (χ1n) is 5.80. The van der Waals surface area contributed by atoms with Crippen LogP contribution < -0.4 is 10.5 Å². The van der Waals surface area contributed by atoms with E-state index < -0.39 is 0 Å². The van der Waals surface area contributed by atoms with E-state index in [-0.39, 0.29) is 0 Å². The van der Waals surface area contributed by atoms with Crippen LogP contribution >= 0.6 is 11.6 Å². The average molecular weight is 274 g/mol. The molecule has 3 rings (SSSR count). The maximum atomic E-state index is 5.97. The molecule has 0 spiro atoms. The third-order valence-electron chi connectivity index (χ3n) is 2.87. The Labute approximate surface area is 115 Å². The summed E-state index contributed by atoms with van der Waals surface area (Å²) in [6, 6.07) is 9.22. The van der Waals surface area contributed by atoms with E-state index in [1.54, 1.807) is 10.6 Å². The topological polar surface area (TPSA) is 52.5 Å². The first-order chi connectivity index (χ1) is 9.13. The summed E-state index contributed by atoms with van der Waals surface area (Å²) in [4.78, 5) is 4.19. The van der Waals surface area contributed by atoms with Gasteiger partial charge < -0.3 is 10.5 Å². The Kier molecular flexibility index (Phi) is 2.80. The highest BCUT2D eigenvalue weighted by molar-refractivity contribution is 6.29. The number of anilines is 1. The van der Waals surface area contributed by atoms with Crippen LogP contribution in [-0.2, 0) is 0 Å². The molecule has 2 heterocycles. The molecule has 0 amide bonds. The molecule has 0 atom stereocenters. The number of benzene rings is 1. The number of nitrogen functional groups attached to an aromatic ring is 1. The van der Waals surface area contributed by atoms with Gasteiger partial charge in [0.15, 0.2) is 0 Å². The van der Waals surface area contributed by atoms with Crippen molar-refractivity contribution in [3.8, 4) is 11.5 Å². The van der Waals surface area contributed by atoms with Crippen LogP contribution in [0.15, 0.2) is 42.7 Å². The number of ether oxygens (including phenoxy) is 1. The number of imidazole rings is 1. The van der Waals surface area contributed by atoms with Gasteiger partial charge in [-0.25, -0.2) is 4.98 Å². The van der Waals surface area contributed by atoms with Gasteiger partial charge in [-0.1, -0.05) is 11.6 Å². The molecule has 3 aromatic rings. The van der Waals surface area contributed by atoms with Crippen molar-refractivity contribution in [3.05, 3.63) is 53.4 Å². The zero-order chi connectivity index (χ0) is 13.4. The van der Waals surface area contributed by atoms with Gasteiger partial charge in [0.25, 0.3) is 0 Å². The first-order valence-corrected chi connectivity index (χ1v) is 6.18. The second kappa shape index (κ2) is 4.48. The number of hydrogen-bond donors (Lipinski definition) is 1. The molecule has 0 aliphatic rings. The summed E-state index contributed by atoms with van der Waals surface area (Å²) >= 11 is 5.97. The van der Waals surface area contributed by atoms with Gasteiger partial charge in [0.05, 0.1) is 6.20 Å². The Morgan fingerprint density at radius 2 is 2.11 bits per heavy atom. The van der Waals surface area contributed by atoms with Crippen LogP contribution in [0, 0.1) is 6.92 Å². The summed E-state index contributed by atoms with van der Waals surface area (Å²) in [7, 11) is 0. The van der Waals surface area contributed by atoms with Crippen LogP contribution in [0.4, 0.5) is 5.69 Å². The lowest BCUT2D eigenvalue weighted by atomic mass is 10.2. The number of halogens is 1. The van der Waals surface area contributed by atoms with E-state index in [4.69, 9.17) is 22.1 Å². The summed E-state index contributed by atoms with van der Waals surface area (Å²) in [5.41, 5.74) is 8.17. The van der Waals surface area contributed by atoms with E-state index in [2.05, 4.69) is 4.98 Å². The number of hydrogen-bond acceptors (Lipinski definition) is 3. The minimum Gasteiger partial charge on any atom is -0.457 e. The summed E-state index contributed by atoms with van der Waals surface area (Å²) in [5.74, 6) is 1.49. The highest BCUT2D eigenvalue weighted by Gasteiger charge is 2.05. The van der Waals surface area contributed by atoms with E-state index >= 15 is 0 Å². The number of nitrogens with zero attached hydrogens (tertiary/aromatic N) is 2. The second-order valence-corrected chi connectivity index (χ2v) is 4.69. The zero-order valence-corrected chi connectivity index (χ0v) is 11.1. The van der Waals surface area contributed by atoms with E-state index in [9.17, 15) is 0 Å². The van der Waals surface area contributed by atoms with E-state index in [0.717, 1.165) is 22.6 Å². The molecule has 0 radical (unpaired) electrons. The van der Waals surface area contributed by atoms with Crippen molar-refractivity contribution in [2.75, 3.05) is 5.73 Å². The Balaban J connectivity index is 1.96. The van der Waals surface area contributed by atoms with Crippen LogP contribution in [0.2, 0.25) is 5.15 Å². The third-order valence-corrected chi connectivity index (χ3v) is 3.15. The molecule has 19 heavy (non-hydrogen) atoms. The molecule has 2 N–H and O–H groups in total. The van der Waals surface area contributed by atoms with Crippen molar-refractivity contribution in [1.82, 2.24) is 9.38 Å². The summed E-state index contributed by atoms with van der Waals surface area (Å²) in [5, 5.41) is 0.574. The number of nitrogens with two attached hydrogens (primary N) is 1. The molecule has 0 unspecified atom stereocenters. The number of aryl methyl sites for hydroxylation is 1. The minimum absolute atomic E-state index is 0.574. The summed E-state index contributed by atoms with van der Waals surface area (Å²) < 4.78 is 7.61. The molecule has 2 aromatic heterocycles. The molecular weight excluding hydrogens is 262 g/mol. The molecule has 0 saturated heterocycles. The predicted octanol–water partition coefficient (Wildman–Crippen LogP) is 3.67. The largest absolute Gasteiger partial charge is 0.457 e. The Bertz CT molecular complexity index is 752. The first kappa shape index (κ1) is 11.9. The van der Waals surface area contributed by atoms with Crippen molar-refractivity contribution in [2.45, 2.75) is 6.92 Å². The smallest absolute Gasteiger partial charge is 0.141 e. The fourth-order valence-electron chi connectivity index (χ4n) is 1.91. The van der Waals surface area contributed by atoms with Gasteiger partial charge in [0.2, 0.25) is 0 Å². The van der Waals surface area contributed by atoms with Crippen LogP contribution in [0.25, 0.3) is 5.65 Å². The maximum absolute atomic E-state index is 5.97. The van der Waals surface area contributed by atoms with Crippen molar-refractivity contribution in [3.63, 3.8) is 0 Å². The summed E-state index contributed by atoms with van der Waals surface area (Å²) in [6.45, 7) is 1.95. The van der Waals surface area contributed by atoms with E-state index in [0.29, 0.717) is 10.9 Å². The lowest BCUT2D eigenvalue weighted by Gasteiger charge is -2.09. The average Bonchev–Trinajstić information content (AvgIpc) is 2.74. The fourth-order valence-corrected chi connectivity index (χ4v) is 2.10. The molecule has 0 saturated carbocycles. The quantitative estimate of drug-likeness (QED) is 0.725. The SMILES string of the molecule is Cc1cc(N)ccc1Oc1ccn2c(Cl)cnc2c1. The van der Waals surface area contributed by atoms with Crippen molar-refractivity contribution < 1.29 is 4.74 Å². The molecule has 0 aliphatic heterocycles. The van der Waals surface area contributed by atoms with Crippen LogP contribution in [0.1, 0.15) is 5.56 Å². The fraction of sp³-hybridized carbons (Fsp3) is 0.0714. The molecule has 96 valence electrons. The molecule has 4 nitrogen and oxygen atoms in total. The van der Waals surface area contributed by atoms with Crippen LogP contribution in [0.3, 0.4) is 0 Å². The van der Waals surface area contributed by atoms with Crippen molar-refractivity contribution in [2.24, 2.45) is 0 Å². The highest BCUT2D eigenvalue weighted by atomic mass is 35.5. The molecular formula is C14H12ClN3O. The van der Waals surface area contributed by atoms with Crippen molar-refractivity contribution >= 4 is 22.9 Å². The Hall–Kier alpha value is -2.20. The van der Waals surface area contributed by atoms with Gasteiger partial charge in [0.1, 0.15) is 22.3 Å². The maximum Gasteiger partial charge on any atom is 0.141 e. The zero-order valence-electron chi connectivity index (χ0n) is 10.3. The summed E-state index contributed by atoms with van der Waals surface area (Å²) in [6.07, 6.45) is 3.43. The Morgan fingerprint density at radius 1 is 1.26 bits per heavy atom.